The van der Waals surface area contributed by atoms with Crippen LogP contribution in [0.4, 0.5) is 5.69 Å². The topological polar surface area (TPSA) is 37.4 Å². The molecule has 3 nitrogen and oxygen atoms in total. The predicted molar refractivity (Wildman–Crippen MR) is 117 cm³/mol. The van der Waals surface area contributed by atoms with Crippen LogP contribution in [0.25, 0.3) is 0 Å². The number of Topliss-reactive ketones (excluding diaryl/α,β-unsaturated/α-hetero) is 2. The van der Waals surface area contributed by atoms with E-state index in [1.807, 2.05) is 18.2 Å². The van der Waals surface area contributed by atoms with Gasteiger partial charge < -0.3 is 4.90 Å². The molecule has 1 heterocycles. The molecular formula is C26H23NO2. The molecular weight excluding hydrogens is 358 g/mol. The first-order chi connectivity index (χ1) is 13.9. The van der Waals surface area contributed by atoms with Crippen LogP contribution in [0.15, 0.2) is 96.3 Å². The molecule has 3 heteroatoms. The smallest absolute Gasteiger partial charge is 0.197 e. The quantitative estimate of drug-likeness (QED) is 0.405. The number of benzene rings is 2. The Hall–Kier alpha value is -3.46. The van der Waals surface area contributed by atoms with E-state index in [-0.39, 0.29) is 22.6 Å². The van der Waals surface area contributed by atoms with Crippen LogP contribution in [0.2, 0.25) is 0 Å². The molecule has 0 aromatic heterocycles. The maximum absolute atomic E-state index is 12.4. The molecule has 1 aliphatic heterocycles. The number of carbonyl (C=O) groups is 2. The lowest BCUT2D eigenvalue weighted by molar-refractivity contribution is 0.0989. The van der Waals surface area contributed by atoms with Crippen molar-refractivity contribution >= 4 is 17.3 Å². The highest BCUT2D eigenvalue weighted by Gasteiger charge is 2.37. The van der Waals surface area contributed by atoms with Gasteiger partial charge in [0.05, 0.1) is 5.57 Å². The predicted octanol–water partition coefficient (Wildman–Crippen LogP) is 5.42. The second-order valence-corrected chi connectivity index (χ2v) is 7.81. The van der Waals surface area contributed by atoms with Gasteiger partial charge in [0.1, 0.15) is 0 Å². The summed E-state index contributed by atoms with van der Waals surface area (Å²) in [5, 5.41) is 0. The molecule has 0 atom stereocenters. The van der Waals surface area contributed by atoms with Crippen molar-refractivity contribution in [2.24, 2.45) is 0 Å². The highest BCUT2D eigenvalue weighted by Crippen LogP contribution is 2.46. The SMILES string of the molecule is CN1\C(=C/C=C\C=C/C=C2C(=O)c3ccccc3C2=O)C(C)(C)c2ccccc21. The molecule has 4 rings (SSSR count). The summed E-state index contributed by atoms with van der Waals surface area (Å²) in [5.74, 6) is -0.401. The Balaban J connectivity index is 1.49. The van der Waals surface area contributed by atoms with Gasteiger partial charge in [-0.15, -0.1) is 0 Å². The zero-order chi connectivity index (χ0) is 20.6. The third-order valence-corrected chi connectivity index (χ3v) is 5.70. The molecule has 0 saturated heterocycles. The van der Waals surface area contributed by atoms with Gasteiger partial charge in [0, 0.05) is 35.0 Å². The van der Waals surface area contributed by atoms with Gasteiger partial charge in [0.2, 0.25) is 0 Å². The van der Waals surface area contributed by atoms with E-state index in [1.165, 1.54) is 16.9 Å². The van der Waals surface area contributed by atoms with Crippen molar-refractivity contribution < 1.29 is 9.59 Å². The minimum atomic E-state index is -0.201. The summed E-state index contributed by atoms with van der Waals surface area (Å²) in [6, 6.07) is 15.4. The van der Waals surface area contributed by atoms with Crippen LogP contribution in [-0.4, -0.2) is 18.6 Å². The van der Waals surface area contributed by atoms with Gasteiger partial charge in [-0.2, -0.15) is 0 Å². The molecule has 144 valence electrons. The zero-order valence-corrected chi connectivity index (χ0v) is 16.8. The molecule has 0 radical (unpaired) electrons. The maximum atomic E-state index is 12.4. The fourth-order valence-electron chi connectivity index (χ4n) is 4.15. The van der Waals surface area contributed by atoms with Crippen LogP contribution in [0.3, 0.4) is 0 Å². The van der Waals surface area contributed by atoms with Gasteiger partial charge in [-0.05, 0) is 23.8 Å². The Morgan fingerprint density at radius 1 is 0.759 bits per heavy atom. The summed E-state index contributed by atoms with van der Waals surface area (Å²) in [7, 11) is 2.09. The van der Waals surface area contributed by atoms with Gasteiger partial charge in [0.15, 0.2) is 11.6 Å². The average molecular weight is 381 g/mol. The van der Waals surface area contributed by atoms with Gasteiger partial charge in [-0.3, -0.25) is 9.59 Å². The third kappa shape index (κ3) is 3.09. The van der Waals surface area contributed by atoms with Crippen LogP contribution in [0.5, 0.6) is 0 Å². The van der Waals surface area contributed by atoms with Crippen molar-refractivity contribution in [3.63, 3.8) is 0 Å². The van der Waals surface area contributed by atoms with Crippen molar-refractivity contribution in [3.8, 4) is 0 Å². The number of allylic oxidation sites excluding steroid dienone is 8. The number of carbonyl (C=O) groups excluding carboxylic acids is 2. The molecule has 2 aromatic rings. The summed E-state index contributed by atoms with van der Waals surface area (Å²) in [5.41, 5.74) is 4.91. The van der Waals surface area contributed by atoms with Gasteiger partial charge in [0.25, 0.3) is 0 Å². The van der Waals surface area contributed by atoms with E-state index < -0.39 is 0 Å². The molecule has 0 fully saturated rings. The summed E-state index contributed by atoms with van der Waals surface area (Å²) in [6.07, 6.45) is 11.2. The zero-order valence-electron chi connectivity index (χ0n) is 16.8. The van der Waals surface area contributed by atoms with E-state index in [0.717, 1.165) is 0 Å². The van der Waals surface area contributed by atoms with Crippen molar-refractivity contribution in [1.29, 1.82) is 0 Å². The Morgan fingerprint density at radius 3 is 1.93 bits per heavy atom. The van der Waals surface area contributed by atoms with E-state index in [9.17, 15) is 9.59 Å². The fourth-order valence-corrected chi connectivity index (χ4v) is 4.15. The average Bonchev–Trinajstić information content (AvgIpc) is 3.08. The van der Waals surface area contributed by atoms with Crippen molar-refractivity contribution in [2.75, 3.05) is 11.9 Å². The number of anilines is 1. The third-order valence-electron chi connectivity index (χ3n) is 5.70. The van der Waals surface area contributed by atoms with Crippen LogP contribution >= 0.6 is 0 Å². The molecule has 0 spiro atoms. The minimum absolute atomic E-state index is 0.0597. The summed E-state index contributed by atoms with van der Waals surface area (Å²) in [4.78, 5) is 26.9. The summed E-state index contributed by atoms with van der Waals surface area (Å²) < 4.78 is 0. The van der Waals surface area contributed by atoms with Crippen LogP contribution in [-0.2, 0) is 5.41 Å². The summed E-state index contributed by atoms with van der Waals surface area (Å²) >= 11 is 0. The van der Waals surface area contributed by atoms with E-state index in [1.54, 1.807) is 36.4 Å². The number of rotatable bonds is 3. The second-order valence-electron chi connectivity index (χ2n) is 7.81. The van der Waals surface area contributed by atoms with Crippen molar-refractivity contribution in [3.05, 3.63) is 113 Å². The van der Waals surface area contributed by atoms with E-state index in [2.05, 4.69) is 56.1 Å². The monoisotopic (exact) mass is 381 g/mol. The maximum Gasteiger partial charge on any atom is 0.197 e. The molecule has 2 aromatic carbocycles. The molecule has 0 N–H and O–H groups in total. The first-order valence-corrected chi connectivity index (χ1v) is 9.70. The minimum Gasteiger partial charge on any atom is -0.347 e. The lowest BCUT2D eigenvalue weighted by Gasteiger charge is -2.23. The number of hydrogen-bond acceptors (Lipinski definition) is 3. The first-order valence-electron chi connectivity index (χ1n) is 9.70. The highest BCUT2D eigenvalue weighted by atomic mass is 16.2. The lowest BCUT2D eigenvalue weighted by atomic mass is 9.84. The lowest BCUT2D eigenvalue weighted by Crippen LogP contribution is -2.22. The van der Waals surface area contributed by atoms with E-state index in [0.29, 0.717) is 11.1 Å². The first kappa shape index (κ1) is 18.9. The number of fused-ring (bicyclic) bond motifs is 2. The van der Waals surface area contributed by atoms with Crippen molar-refractivity contribution in [2.45, 2.75) is 19.3 Å². The number of hydrogen-bond donors (Lipinski definition) is 0. The van der Waals surface area contributed by atoms with Crippen LogP contribution in [0, 0.1) is 0 Å². The molecule has 0 unspecified atom stereocenters. The largest absolute Gasteiger partial charge is 0.347 e. The molecule has 0 amide bonds. The Bertz CT molecular complexity index is 1090. The van der Waals surface area contributed by atoms with Gasteiger partial charge >= 0.3 is 0 Å². The summed E-state index contributed by atoms with van der Waals surface area (Å²) in [6.45, 7) is 4.45. The Kier molecular flexibility index (Phi) is 4.67. The number of para-hydroxylation sites is 1. The Morgan fingerprint density at radius 2 is 1.31 bits per heavy atom. The van der Waals surface area contributed by atoms with Gasteiger partial charge in [-0.1, -0.05) is 80.6 Å². The van der Waals surface area contributed by atoms with E-state index >= 15 is 0 Å². The van der Waals surface area contributed by atoms with E-state index in [4.69, 9.17) is 0 Å². The fraction of sp³-hybridized carbons (Fsp3) is 0.154. The molecule has 1 aliphatic carbocycles. The van der Waals surface area contributed by atoms with Crippen LogP contribution in [0.1, 0.15) is 40.1 Å². The number of ketones is 2. The molecule has 0 bridgehead atoms. The van der Waals surface area contributed by atoms with Crippen LogP contribution < -0.4 is 4.90 Å². The second kappa shape index (κ2) is 7.17. The standard InChI is InChI=1S/C26H23NO2/c1-26(2)21-15-10-11-16-22(21)27(3)23(26)17-7-5-4-6-14-20-24(28)18-12-8-9-13-19(18)25(20)29/h4-17H,1-3H3/b6-4-,7-5-,23-17-. The number of nitrogens with zero attached hydrogens (tertiary/aromatic N) is 1. The number of likely N-dealkylation sites (N-methyl/N-ethyl adjacent to an activating group) is 1. The molecule has 0 saturated carbocycles. The Labute approximate surface area is 171 Å². The molecule has 29 heavy (non-hydrogen) atoms. The van der Waals surface area contributed by atoms with Gasteiger partial charge in [-0.25, -0.2) is 0 Å². The van der Waals surface area contributed by atoms with Crippen molar-refractivity contribution in [1.82, 2.24) is 0 Å². The highest BCUT2D eigenvalue weighted by molar-refractivity contribution is 6.39. The normalized spacial score (nSPS) is 18.9. The molecule has 2 aliphatic rings.